The first kappa shape index (κ1) is 11.3. The van der Waals surface area contributed by atoms with E-state index < -0.39 is 0 Å². The van der Waals surface area contributed by atoms with Crippen molar-refractivity contribution in [2.45, 2.75) is 39.5 Å². The van der Waals surface area contributed by atoms with Crippen LogP contribution in [-0.2, 0) is 0 Å². The first-order valence-corrected chi connectivity index (χ1v) is 6.20. The van der Waals surface area contributed by atoms with E-state index in [1.807, 2.05) is 12.1 Å². The normalized spacial score (nSPS) is 18.6. The molecule has 0 saturated heterocycles. The second-order valence-corrected chi connectivity index (χ2v) is 5.41. The summed E-state index contributed by atoms with van der Waals surface area (Å²) in [6.07, 6.45) is 5.43. The first-order chi connectivity index (χ1) is 7.61. The van der Waals surface area contributed by atoms with Crippen LogP contribution in [0.4, 0.5) is 11.4 Å². The maximum absolute atomic E-state index is 5.99. The highest BCUT2D eigenvalue weighted by Crippen LogP contribution is 2.38. The van der Waals surface area contributed by atoms with E-state index in [4.69, 9.17) is 5.73 Å². The lowest BCUT2D eigenvalue weighted by Gasteiger charge is -2.25. The molecule has 0 bridgehead atoms. The molecule has 1 aromatic carbocycles. The zero-order valence-electron chi connectivity index (χ0n) is 10.3. The van der Waals surface area contributed by atoms with E-state index in [0.717, 1.165) is 17.9 Å². The molecular formula is C14H22N2. The Hall–Kier alpha value is -1.18. The number of nitrogens with one attached hydrogen (secondary N) is 1. The van der Waals surface area contributed by atoms with Crippen molar-refractivity contribution in [3.63, 3.8) is 0 Å². The number of anilines is 2. The van der Waals surface area contributed by atoms with Gasteiger partial charge in [0.1, 0.15) is 0 Å². The van der Waals surface area contributed by atoms with E-state index in [-0.39, 0.29) is 0 Å². The fourth-order valence-electron chi connectivity index (χ4n) is 2.64. The zero-order chi connectivity index (χ0) is 11.6. The van der Waals surface area contributed by atoms with Crippen LogP contribution in [0, 0.1) is 12.3 Å². The molecule has 0 aromatic heterocycles. The quantitative estimate of drug-likeness (QED) is 0.761. The highest BCUT2D eigenvalue weighted by molar-refractivity contribution is 5.69. The fraction of sp³-hybridized carbons (Fsp3) is 0.571. The van der Waals surface area contributed by atoms with Crippen LogP contribution in [0.5, 0.6) is 0 Å². The van der Waals surface area contributed by atoms with Crippen molar-refractivity contribution in [1.82, 2.24) is 0 Å². The Bertz CT molecular complexity index is 345. The maximum Gasteiger partial charge on any atom is 0.0603 e. The molecule has 0 aliphatic heterocycles. The van der Waals surface area contributed by atoms with Gasteiger partial charge in [0.15, 0.2) is 0 Å². The van der Waals surface area contributed by atoms with Crippen LogP contribution in [0.2, 0.25) is 0 Å². The Morgan fingerprint density at radius 2 is 2.00 bits per heavy atom. The minimum atomic E-state index is 0.467. The number of aryl methyl sites for hydroxylation is 1. The molecule has 0 radical (unpaired) electrons. The van der Waals surface area contributed by atoms with Crippen molar-refractivity contribution in [3.05, 3.63) is 23.8 Å². The van der Waals surface area contributed by atoms with Crippen molar-refractivity contribution in [2.75, 3.05) is 17.6 Å². The SMILES string of the molecule is Cc1cccc(N)c1NCC1(C)CCCC1. The first-order valence-electron chi connectivity index (χ1n) is 6.20. The second kappa shape index (κ2) is 4.36. The molecule has 2 heteroatoms. The highest BCUT2D eigenvalue weighted by atomic mass is 14.9. The molecule has 0 atom stereocenters. The molecule has 16 heavy (non-hydrogen) atoms. The van der Waals surface area contributed by atoms with Gasteiger partial charge in [-0.1, -0.05) is 31.9 Å². The minimum absolute atomic E-state index is 0.467. The van der Waals surface area contributed by atoms with Gasteiger partial charge in [-0.05, 0) is 36.8 Å². The average Bonchev–Trinajstić information content (AvgIpc) is 2.65. The van der Waals surface area contributed by atoms with E-state index >= 15 is 0 Å². The molecule has 2 rings (SSSR count). The molecule has 0 unspecified atom stereocenters. The summed E-state index contributed by atoms with van der Waals surface area (Å²) in [5.74, 6) is 0. The maximum atomic E-state index is 5.99. The molecule has 1 saturated carbocycles. The third kappa shape index (κ3) is 2.31. The van der Waals surface area contributed by atoms with E-state index in [2.05, 4.69) is 25.2 Å². The molecule has 0 amide bonds. The summed E-state index contributed by atoms with van der Waals surface area (Å²) in [4.78, 5) is 0. The molecule has 0 spiro atoms. The second-order valence-electron chi connectivity index (χ2n) is 5.41. The topological polar surface area (TPSA) is 38.0 Å². The predicted molar refractivity (Wildman–Crippen MR) is 70.7 cm³/mol. The standard InChI is InChI=1S/C14H22N2/c1-11-6-5-7-12(15)13(11)16-10-14(2)8-3-4-9-14/h5-7,16H,3-4,8-10,15H2,1-2H3. The molecule has 0 heterocycles. The van der Waals surface area contributed by atoms with Gasteiger partial charge in [-0.15, -0.1) is 0 Å². The summed E-state index contributed by atoms with van der Waals surface area (Å²) in [5, 5.41) is 3.54. The molecule has 1 aliphatic carbocycles. The van der Waals surface area contributed by atoms with Crippen LogP contribution in [-0.4, -0.2) is 6.54 Å². The molecule has 1 aromatic rings. The molecule has 2 nitrogen and oxygen atoms in total. The molecular weight excluding hydrogens is 196 g/mol. The Labute approximate surface area is 98.2 Å². The van der Waals surface area contributed by atoms with Gasteiger partial charge in [0.2, 0.25) is 0 Å². The summed E-state index contributed by atoms with van der Waals surface area (Å²) in [6.45, 7) is 5.53. The van der Waals surface area contributed by atoms with Crippen molar-refractivity contribution in [3.8, 4) is 0 Å². The van der Waals surface area contributed by atoms with Crippen LogP contribution in [0.25, 0.3) is 0 Å². The number of para-hydroxylation sites is 1. The van der Waals surface area contributed by atoms with Crippen LogP contribution < -0.4 is 11.1 Å². The number of rotatable bonds is 3. The summed E-state index contributed by atoms with van der Waals surface area (Å²) in [7, 11) is 0. The van der Waals surface area contributed by atoms with Crippen LogP contribution in [0.15, 0.2) is 18.2 Å². The predicted octanol–water partition coefficient (Wildman–Crippen LogP) is 3.57. The van der Waals surface area contributed by atoms with E-state index in [1.54, 1.807) is 0 Å². The Morgan fingerprint density at radius 3 is 2.62 bits per heavy atom. The van der Waals surface area contributed by atoms with Gasteiger partial charge < -0.3 is 11.1 Å². The number of nitrogen functional groups attached to an aromatic ring is 1. The summed E-state index contributed by atoms with van der Waals surface area (Å²) >= 11 is 0. The van der Waals surface area contributed by atoms with Crippen LogP contribution in [0.1, 0.15) is 38.2 Å². The minimum Gasteiger partial charge on any atom is -0.397 e. The van der Waals surface area contributed by atoms with Gasteiger partial charge in [0.25, 0.3) is 0 Å². The van der Waals surface area contributed by atoms with Crippen molar-refractivity contribution >= 4 is 11.4 Å². The highest BCUT2D eigenvalue weighted by Gasteiger charge is 2.28. The largest absolute Gasteiger partial charge is 0.397 e. The third-order valence-corrected chi connectivity index (χ3v) is 3.81. The van der Waals surface area contributed by atoms with Gasteiger partial charge in [-0.3, -0.25) is 0 Å². The Morgan fingerprint density at radius 1 is 1.31 bits per heavy atom. The number of hydrogen-bond donors (Lipinski definition) is 2. The summed E-state index contributed by atoms with van der Waals surface area (Å²) in [6, 6.07) is 6.08. The van der Waals surface area contributed by atoms with Gasteiger partial charge in [-0.2, -0.15) is 0 Å². The lowest BCUT2D eigenvalue weighted by Crippen LogP contribution is -2.23. The molecule has 1 aliphatic rings. The van der Waals surface area contributed by atoms with Gasteiger partial charge in [0, 0.05) is 6.54 Å². The third-order valence-electron chi connectivity index (χ3n) is 3.81. The monoisotopic (exact) mass is 218 g/mol. The van der Waals surface area contributed by atoms with Crippen LogP contribution >= 0.6 is 0 Å². The van der Waals surface area contributed by atoms with Crippen molar-refractivity contribution < 1.29 is 0 Å². The van der Waals surface area contributed by atoms with E-state index in [1.165, 1.54) is 31.2 Å². The summed E-state index contributed by atoms with van der Waals surface area (Å²) < 4.78 is 0. The van der Waals surface area contributed by atoms with Gasteiger partial charge in [0.05, 0.1) is 11.4 Å². The lowest BCUT2D eigenvalue weighted by atomic mass is 9.89. The number of benzene rings is 1. The van der Waals surface area contributed by atoms with E-state index in [0.29, 0.717) is 5.41 Å². The molecule has 1 fully saturated rings. The van der Waals surface area contributed by atoms with Crippen molar-refractivity contribution in [2.24, 2.45) is 5.41 Å². The number of hydrogen-bond acceptors (Lipinski definition) is 2. The Kier molecular flexibility index (Phi) is 3.08. The lowest BCUT2D eigenvalue weighted by molar-refractivity contribution is 0.362. The van der Waals surface area contributed by atoms with Crippen molar-refractivity contribution in [1.29, 1.82) is 0 Å². The molecule has 3 N–H and O–H groups in total. The number of nitrogens with two attached hydrogens (primary N) is 1. The van der Waals surface area contributed by atoms with Gasteiger partial charge >= 0.3 is 0 Å². The average molecular weight is 218 g/mol. The molecule has 88 valence electrons. The zero-order valence-corrected chi connectivity index (χ0v) is 10.3. The Balaban J connectivity index is 2.04. The van der Waals surface area contributed by atoms with Crippen LogP contribution in [0.3, 0.4) is 0 Å². The summed E-state index contributed by atoms with van der Waals surface area (Å²) in [5.41, 5.74) is 9.67. The van der Waals surface area contributed by atoms with E-state index in [9.17, 15) is 0 Å². The van der Waals surface area contributed by atoms with Gasteiger partial charge in [-0.25, -0.2) is 0 Å². The smallest absolute Gasteiger partial charge is 0.0603 e. The fourth-order valence-corrected chi connectivity index (χ4v) is 2.64.